The van der Waals surface area contributed by atoms with Crippen molar-refractivity contribution in [2.45, 2.75) is 95.7 Å². The van der Waals surface area contributed by atoms with Crippen LogP contribution in [0.3, 0.4) is 0 Å². The molecular weight excluding hydrogens is 845 g/mol. The smallest absolute Gasteiger partial charge is 0.330 e. The second kappa shape index (κ2) is 23.2. The van der Waals surface area contributed by atoms with E-state index in [1.165, 1.54) is 38.5 Å². The highest BCUT2D eigenvalue weighted by Gasteiger charge is 2.46. The first kappa shape index (κ1) is 48.5. The van der Waals surface area contributed by atoms with Gasteiger partial charge in [-0.05, 0) is 68.5 Å². The predicted molar refractivity (Wildman–Crippen MR) is 238 cm³/mol. The Morgan fingerprint density at radius 3 is 2.25 bits per heavy atom. The molecule has 1 saturated heterocycles. The van der Waals surface area contributed by atoms with Gasteiger partial charge in [0.25, 0.3) is 17.7 Å². The van der Waals surface area contributed by atoms with E-state index in [0.29, 0.717) is 24.5 Å². The Kier molecular flexibility index (Phi) is 17.6. The number of hydrogen-bond acceptors (Lipinski definition) is 14. The minimum absolute atomic E-state index is 0.0263. The fourth-order valence-electron chi connectivity index (χ4n) is 7.62. The number of benzene rings is 2. The number of fused-ring (bicyclic) bond motifs is 1. The van der Waals surface area contributed by atoms with Gasteiger partial charge in [0.2, 0.25) is 11.8 Å². The van der Waals surface area contributed by atoms with Crippen molar-refractivity contribution in [3.05, 3.63) is 69.4 Å². The average Bonchev–Trinajstić information content (AvgIpc) is 3.88. The lowest BCUT2D eigenvalue weighted by atomic mass is 10.0. The van der Waals surface area contributed by atoms with Gasteiger partial charge in [0.15, 0.2) is 11.8 Å². The van der Waals surface area contributed by atoms with Crippen LogP contribution in [0.5, 0.6) is 11.5 Å². The van der Waals surface area contributed by atoms with Gasteiger partial charge in [0.05, 0.1) is 42.5 Å². The van der Waals surface area contributed by atoms with E-state index >= 15 is 0 Å². The molecule has 5 N–H and O–H groups in total. The number of rotatable bonds is 24. The Bertz CT molecular complexity index is 2290. The third-order valence-corrected chi connectivity index (χ3v) is 12.0. The molecule has 3 heterocycles. The highest BCUT2D eigenvalue weighted by Crippen LogP contribution is 2.40. The highest BCUT2D eigenvalue weighted by molar-refractivity contribution is 7.14. The first-order valence-electron chi connectivity index (χ1n) is 21.3. The number of nitrogens with one attached hydrogen (secondary N) is 3. The van der Waals surface area contributed by atoms with Crippen LogP contribution >= 0.6 is 11.3 Å². The molecule has 5 rings (SSSR count). The van der Waals surface area contributed by atoms with Crippen LogP contribution in [-0.2, 0) is 28.7 Å². The third-order valence-electron chi connectivity index (χ3n) is 10.9. The number of hydrogen-bond donors (Lipinski definition) is 4. The number of anilines is 2. The predicted octanol–water partition coefficient (Wildman–Crippen LogP) is 4.69. The summed E-state index contributed by atoms with van der Waals surface area (Å²) in [5.41, 5.74) is 7.23. The number of ketones is 1. The summed E-state index contributed by atoms with van der Waals surface area (Å²) in [6, 6.07) is 8.33. The maximum Gasteiger partial charge on any atom is 0.330 e. The topological polar surface area (TPSA) is 233 Å². The van der Waals surface area contributed by atoms with Crippen molar-refractivity contribution < 1.29 is 52.6 Å². The van der Waals surface area contributed by atoms with Gasteiger partial charge in [-0.1, -0.05) is 51.0 Å². The van der Waals surface area contributed by atoms with E-state index < -0.39 is 59.4 Å². The van der Waals surface area contributed by atoms with Gasteiger partial charge in [-0.2, -0.15) is 0 Å². The van der Waals surface area contributed by atoms with Crippen molar-refractivity contribution in [3.63, 3.8) is 0 Å². The number of nitrogens with two attached hydrogens (primary N) is 1. The SMILES string of the molecule is C#CC(=O)N(c1ccc(OC)cc1OC)C(C(=O)C(N)C(=O)OCC)c1ccc(C(=O)NCCCCCCCCCCCNc2cccc3c2C(=O)N(C2CCC(=O)NC2=O)C3=O)s1. The zero-order valence-electron chi connectivity index (χ0n) is 36.2. The Hall–Kier alpha value is -6.58. The summed E-state index contributed by atoms with van der Waals surface area (Å²) in [6.45, 7) is 2.58. The van der Waals surface area contributed by atoms with Crippen LogP contribution in [0.1, 0.15) is 119 Å². The summed E-state index contributed by atoms with van der Waals surface area (Å²) in [5.74, 6) is -2.66. The lowest BCUT2D eigenvalue weighted by molar-refractivity contribution is -0.148. The molecule has 0 radical (unpaired) electrons. The van der Waals surface area contributed by atoms with Crippen LogP contribution in [0, 0.1) is 12.3 Å². The monoisotopic (exact) mass is 898 g/mol. The molecule has 3 aromatic rings. The van der Waals surface area contributed by atoms with Gasteiger partial charge in [-0.15, -0.1) is 17.8 Å². The molecule has 2 aromatic carbocycles. The summed E-state index contributed by atoms with van der Waals surface area (Å²) in [5, 5.41) is 8.42. The van der Waals surface area contributed by atoms with E-state index in [4.69, 9.17) is 26.4 Å². The van der Waals surface area contributed by atoms with Crippen molar-refractivity contribution in [1.82, 2.24) is 15.5 Å². The van der Waals surface area contributed by atoms with E-state index in [1.807, 2.05) is 5.92 Å². The number of ether oxygens (including phenoxy) is 3. The number of unbranched alkanes of at least 4 members (excludes halogenated alkanes) is 8. The second-order valence-corrected chi connectivity index (χ2v) is 16.2. The minimum atomic E-state index is -1.77. The summed E-state index contributed by atoms with van der Waals surface area (Å²) in [7, 11) is 2.82. The standard InChI is InChI=1S/C46H54N6O11S/c1-5-37(54)51(31-20-19-28(61-3)27-33(31)62-4)40(41(55)39(47)46(60)63-6-2)34-22-23-35(64-34)43(57)49-26-15-13-11-9-7-8-10-12-14-25-48-30-18-16-17-29-38(30)45(59)52(44(29)58)32-21-24-36(53)50-42(32)56/h1,16-20,22-23,27,32,39-40,48H,6-15,21,24-26,47H2,2-4H3,(H,49,57)(H,50,53,56). The number of imide groups is 2. The third kappa shape index (κ3) is 11.5. The largest absolute Gasteiger partial charge is 0.497 e. The molecule has 3 unspecified atom stereocenters. The molecule has 2 aliphatic heterocycles. The van der Waals surface area contributed by atoms with Crippen molar-refractivity contribution in [2.75, 3.05) is 44.1 Å². The van der Waals surface area contributed by atoms with E-state index in [0.717, 1.165) is 78.9 Å². The molecule has 0 aliphatic carbocycles. The van der Waals surface area contributed by atoms with Crippen LogP contribution < -0.4 is 36.1 Å². The first-order chi connectivity index (χ1) is 30.9. The molecule has 18 heteroatoms. The van der Waals surface area contributed by atoms with Gasteiger partial charge in [0, 0.05) is 36.1 Å². The van der Waals surface area contributed by atoms with Crippen molar-refractivity contribution in [2.24, 2.45) is 5.73 Å². The molecule has 0 bridgehead atoms. The molecule has 2 aliphatic rings. The van der Waals surface area contributed by atoms with Gasteiger partial charge in [-0.25, -0.2) is 4.79 Å². The average molecular weight is 899 g/mol. The van der Waals surface area contributed by atoms with Crippen LogP contribution in [-0.4, -0.2) is 98.1 Å². The number of carbonyl (C=O) groups excluding carboxylic acids is 8. The molecule has 6 amide bonds. The van der Waals surface area contributed by atoms with Crippen molar-refractivity contribution >= 4 is 69.9 Å². The molecule has 3 atom stereocenters. The number of thiophene rings is 1. The molecule has 1 fully saturated rings. The van der Waals surface area contributed by atoms with Crippen LogP contribution in [0.15, 0.2) is 48.5 Å². The van der Waals surface area contributed by atoms with Gasteiger partial charge in [-0.3, -0.25) is 48.7 Å². The molecule has 0 saturated carbocycles. The molecule has 17 nitrogen and oxygen atoms in total. The fraction of sp³-hybridized carbons (Fsp3) is 0.435. The van der Waals surface area contributed by atoms with Crippen LogP contribution in [0.2, 0.25) is 0 Å². The number of nitrogens with zero attached hydrogens (tertiary/aromatic N) is 2. The zero-order chi connectivity index (χ0) is 46.3. The lowest BCUT2D eigenvalue weighted by Gasteiger charge is -2.31. The maximum absolute atomic E-state index is 14.0. The number of esters is 1. The number of Topliss-reactive ketones (excluding diaryl/α,β-unsaturated/α-hetero) is 1. The normalized spacial score (nSPS) is 15.4. The summed E-state index contributed by atoms with van der Waals surface area (Å²) >= 11 is 0.964. The lowest BCUT2D eigenvalue weighted by Crippen LogP contribution is -2.54. The van der Waals surface area contributed by atoms with Crippen molar-refractivity contribution in [1.29, 1.82) is 0 Å². The van der Waals surface area contributed by atoms with Crippen LogP contribution in [0.4, 0.5) is 11.4 Å². The summed E-state index contributed by atoms with van der Waals surface area (Å²) in [6.07, 6.45) is 14.5. The zero-order valence-corrected chi connectivity index (χ0v) is 37.0. The van der Waals surface area contributed by atoms with Crippen LogP contribution in [0.25, 0.3) is 0 Å². The quantitative estimate of drug-likeness (QED) is 0.0315. The number of piperidine rings is 1. The van der Waals surface area contributed by atoms with E-state index in [9.17, 15) is 38.4 Å². The highest BCUT2D eigenvalue weighted by atomic mass is 32.1. The molecule has 340 valence electrons. The molecule has 64 heavy (non-hydrogen) atoms. The molecule has 1 aromatic heterocycles. The van der Waals surface area contributed by atoms with Gasteiger partial charge in [0.1, 0.15) is 23.6 Å². The van der Waals surface area contributed by atoms with E-state index in [2.05, 4.69) is 16.0 Å². The number of methoxy groups -OCH3 is 2. The fourth-order valence-corrected chi connectivity index (χ4v) is 8.64. The summed E-state index contributed by atoms with van der Waals surface area (Å²) < 4.78 is 15.8. The minimum Gasteiger partial charge on any atom is -0.497 e. The van der Waals surface area contributed by atoms with Gasteiger partial charge >= 0.3 is 11.9 Å². The second-order valence-electron chi connectivity index (χ2n) is 15.1. The molecule has 0 spiro atoms. The summed E-state index contributed by atoms with van der Waals surface area (Å²) in [4.78, 5) is 106. The Morgan fingerprint density at radius 2 is 1.61 bits per heavy atom. The van der Waals surface area contributed by atoms with E-state index in [1.54, 1.807) is 31.2 Å². The van der Waals surface area contributed by atoms with Crippen molar-refractivity contribution in [3.8, 4) is 23.8 Å². The Labute approximate surface area is 375 Å². The Morgan fingerprint density at radius 1 is 0.922 bits per heavy atom. The Balaban J connectivity index is 1.04. The van der Waals surface area contributed by atoms with Gasteiger partial charge < -0.3 is 30.6 Å². The first-order valence-corrected chi connectivity index (χ1v) is 22.1. The van der Waals surface area contributed by atoms with E-state index in [-0.39, 0.29) is 57.7 Å². The molecular formula is C46H54N6O11S. The number of carbonyl (C=O) groups is 8. The maximum atomic E-state index is 14.0. The number of terminal acetylenes is 1. The number of amides is 6.